The maximum absolute atomic E-state index is 12.3. The Bertz CT molecular complexity index is 1190. The van der Waals surface area contributed by atoms with Crippen molar-refractivity contribution in [2.24, 2.45) is 0 Å². The molecule has 2 amide bonds. The Balaban J connectivity index is 1.44. The molecule has 0 aliphatic rings. The van der Waals surface area contributed by atoms with Crippen LogP contribution in [-0.4, -0.2) is 32.3 Å². The quantitative estimate of drug-likeness (QED) is 0.316. The highest BCUT2D eigenvalue weighted by Crippen LogP contribution is 2.26. The van der Waals surface area contributed by atoms with Crippen molar-refractivity contribution in [2.75, 3.05) is 5.75 Å². The Hall–Kier alpha value is -3.56. The molecule has 2 aromatic heterocycles. The number of carbonyl (C=O) groups is 2. The third-order valence-corrected chi connectivity index (χ3v) is 5.62. The average Bonchev–Trinajstić information content (AvgIpc) is 3.48. The van der Waals surface area contributed by atoms with E-state index in [0.717, 1.165) is 11.3 Å². The molecule has 0 aliphatic heterocycles. The van der Waals surface area contributed by atoms with Gasteiger partial charge in [-0.15, -0.1) is 10.2 Å². The van der Waals surface area contributed by atoms with Crippen LogP contribution in [-0.2, 0) is 11.3 Å². The lowest BCUT2D eigenvalue weighted by atomic mass is 10.2. The van der Waals surface area contributed by atoms with E-state index in [4.69, 9.17) is 16.0 Å². The van der Waals surface area contributed by atoms with Crippen LogP contribution in [0.3, 0.4) is 0 Å². The molecular formula is C22H18ClN5O3S. The summed E-state index contributed by atoms with van der Waals surface area (Å²) in [5.74, 6) is 0.612. The van der Waals surface area contributed by atoms with E-state index >= 15 is 0 Å². The molecule has 32 heavy (non-hydrogen) atoms. The number of thioether (sulfide) groups is 1. The van der Waals surface area contributed by atoms with Crippen LogP contribution in [0.4, 0.5) is 0 Å². The van der Waals surface area contributed by atoms with E-state index in [9.17, 15) is 9.59 Å². The van der Waals surface area contributed by atoms with Crippen molar-refractivity contribution < 1.29 is 14.0 Å². The number of carbonyl (C=O) groups excluding carboxylic acids is 2. The number of nitrogens with one attached hydrogen (secondary N) is 2. The van der Waals surface area contributed by atoms with Crippen molar-refractivity contribution in [1.29, 1.82) is 0 Å². The minimum absolute atomic E-state index is 0.0337. The second-order valence-corrected chi connectivity index (χ2v) is 8.01. The first-order chi connectivity index (χ1) is 15.6. The zero-order valence-corrected chi connectivity index (χ0v) is 18.3. The van der Waals surface area contributed by atoms with Gasteiger partial charge in [0.1, 0.15) is 5.76 Å². The Morgan fingerprint density at radius 1 is 0.969 bits per heavy atom. The van der Waals surface area contributed by atoms with Gasteiger partial charge in [-0.25, -0.2) is 0 Å². The van der Waals surface area contributed by atoms with Crippen LogP contribution in [0.25, 0.3) is 11.4 Å². The molecule has 0 radical (unpaired) electrons. The van der Waals surface area contributed by atoms with Gasteiger partial charge in [0.15, 0.2) is 11.0 Å². The van der Waals surface area contributed by atoms with Crippen LogP contribution >= 0.6 is 23.4 Å². The molecule has 0 saturated heterocycles. The van der Waals surface area contributed by atoms with Gasteiger partial charge in [-0.05, 0) is 48.5 Å². The second-order valence-electron chi connectivity index (χ2n) is 6.64. The SMILES string of the molecule is O=C(CSc1nnc(-c2ccc(Cl)cc2)n1Cc1ccco1)NNC(=O)c1ccccc1. The van der Waals surface area contributed by atoms with Crippen LogP contribution in [0.1, 0.15) is 16.1 Å². The Morgan fingerprint density at radius 2 is 1.75 bits per heavy atom. The summed E-state index contributed by atoms with van der Waals surface area (Å²) in [5.41, 5.74) is 6.09. The van der Waals surface area contributed by atoms with Gasteiger partial charge in [0.25, 0.3) is 5.91 Å². The van der Waals surface area contributed by atoms with Gasteiger partial charge in [0.05, 0.1) is 18.6 Å². The highest BCUT2D eigenvalue weighted by Gasteiger charge is 2.17. The number of aromatic nitrogens is 3. The topological polar surface area (TPSA) is 102 Å². The average molecular weight is 468 g/mol. The maximum atomic E-state index is 12.3. The summed E-state index contributed by atoms with van der Waals surface area (Å²) in [6.07, 6.45) is 1.59. The molecule has 2 heterocycles. The lowest BCUT2D eigenvalue weighted by Gasteiger charge is -2.10. The Labute approximate surface area is 193 Å². The number of amides is 2. The van der Waals surface area contributed by atoms with Crippen molar-refractivity contribution in [3.05, 3.63) is 89.3 Å². The fourth-order valence-electron chi connectivity index (χ4n) is 2.86. The first-order valence-corrected chi connectivity index (χ1v) is 10.9. The molecule has 4 aromatic rings. The van der Waals surface area contributed by atoms with Crippen molar-refractivity contribution in [2.45, 2.75) is 11.7 Å². The molecule has 0 bridgehead atoms. The van der Waals surface area contributed by atoms with Gasteiger partial charge in [-0.2, -0.15) is 0 Å². The molecule has 4 rings (SSSR count). The summed E-state index contributed by atoms with van der Waals surface area (Å²) in [5, 5.41) is 9.70. The van der Waals surface area contributed by atoms with E-state index < -0.39 is 5.91 Å². The van der Waals surface area contributed by atoms with Crippen LogP contribution in [0.15, 0.2) is 82.6 Å². The number of furan rings is 1. The normalized spacial score (nSPS) is 10.7. The molecule has 0 saturated carbocycles. The van der Waals surface area contributed by atoms with Crippen LogP contribution in [0.2, 0.25) is 5.02 Å². The summed E-state index contributed by atoms with van der Waals surface area (Å²) in [6, 6.07) is 19.5. The largest absolute Gasteiger partial charge is 0.467 e. The Kier molecular flexibility index (Phi) is 6.88. The molecule has 0 spiro atoms. The molecule has 162 valence electrons. The molecule has 2 N–H and O–H groups in total. The predicted molar refractivity (Wildman–Crippen MR) is 121 cm³/mol. The summed E-state index contributed by atoms with van der Waals surface area (Å²) in [4.78, 5) is 24.3. The number of halogens is 1. The molecule has 0 fully saturated rings. The highest BCUT2D eigenvalue weighted by atomic mass is 35.5. The summed E-state index contributed by atoms with van der Waals surface area (Å²) in [7, 11) is 0. The molecule has 0 atom stereocenters. The van der Waals surface area contributed by atoms with Gasteiger partial charge in [-0.3, -0.25) is 25.0 Å². The molecule has 0 unspecified atom stereocenters. The lowest BCUT2D eigenvalue weighted by molar-refractivity contribution is -0.119. The Morgan fingerprint density at radius 3 is 2.47 bits per heavy atom. The smallest absolute Gasteiger partial charge is 0.269 e. The van der Waals surface area contributed by atoms with Crippen molar-refractivity contribution in [3.63, 3.8) is 0 Å². The molecular weight excluding hydrogens is 450 g/mol. The first-order valence-electron chi connectivity index (χ1n) is 9.59. The van der Waals surface area contributed by atoms with Gasteiger partial charge < -0.3 is 4.42 Å². The van der Waals surface area contributed by atoms with E-state index in [1.165, 1.54) is 11.8 Å². The van der Waals surface area contributed by atoms with Crippen molar-refractivity contribution in [3.8, 4) is 11.4 Å². The number of nitrogens with zero attached hydrogens (tertiary/aromatic N) is 3. The third kappa shape index (κ3) is 5.37. The number of hydrogen-bond donors (Lipinski definition) is 2. The van der Waals surface area contributed by atoms with Crippen molar-refractivity contribution >= 4 is 35.2 Å². The first kappa shape index (κ1) is 21.7. The van der Waals surface area contributed by atoms with Crippen LogP contribution in [0, 0.1) is 0 Å². The zero-order chi connectivity index (χ0) is 22.3. The van der Waals surface area contributed by atoms with Gasteiger partial charge in [-0.1, -0.05) is 41.6 Å². The summed E-state index contributed by atoms with van der Waals surface area (Å²) in [6.45, 7) is 0.395. The minimum atomic E-state index is -0.394. The molecule has 0 aliphatic carbocycles. The van der Waals surface area contributed by atoms with E-state index in [2.05, 4.69) is 21.0 Å². The van der Waals surface area contributed by atoms with E-state index in [1.54, 1.807) is 48.7 Å². The molecule has 10 heteroatoms. The predicted octanol–water partition coefficient (Wildman–Crippen LogP) is 3.79. The second kappa shape index (κ2) is 10.2. The molecule has 2 aromatic carbocycles. The summed E-state index contributed by atoms with van der Waals surface area (Å²) >= 11 is 7.20. The maximum Gasteiger partial charge on any atom is 0.269 e. The number of hydrogen-bond acceptors (Lipinski definition) is 6. The molecule has 8 nitrogen and oxygen atoms in total. The minimum Gasteiger partial charge on any atom is -0.467 e. The number of benzene rings is 2. The van der Waals surface area contributed by atoms with Gasteiger partial charge in [0, 0.05) is 16.1 Å². The van der Waals surface area contributed by atoms with E-state index in [-0.39, 0.29) is 11.7 Å². The fourth-order valence-corrected chi connectivity index (χ4v) is 3.73. The van der Waals surface area contributed by atoms with Gasteiger partial charge >= 0.3 is 0 Å². The number of hydrazine groups is 1. The number of rotatable bonds is 7. The standard InChI is InChI=1S/C22H18ClN5O3S/c23-17-10-8-15(9-11-17)20-25-27-22(28(20)13-18-7-4-12-31-18)32-14-19(29)24-26-21(30)16-5-2-1-3-6-16/h1-12H,13-14H2,(H,24,29)(H,26,30). The fraction of sp³-hybridized carbons (Fsp3) is 0.0909. The van der Waals surface area contributed by atoms with Gasteiger partial charge in [0.2, 0.25) is 5.91 Å². The zero-order valence-electron chi connectivity index (χ0n) is 16.7. The van der Waals surface area contributed by atoms with Crippen LogP contribution in [0.5, 0.6) is 0 Å². The lowest BCUT2D eigenvalue weighted by Crippen LogP contribution is -2.42. The van der Waals surface area contributed by atoms with Crippen LogP contribution < -0.4 is 10.9 Å². The monoisotopic (exact) mass is 467 g/mol. The van der Waals surface area contributed by atoms with Crippen molar-refractivity contribution in [1.82, 2.24) is 25.6 Å². The van der Waals surface area contributed by atoms with E-state index in [1.807, 2.05) is 28.8 Å². The highest BCUT2D eigenvalue weighted by molar-refractivity contribution is 7.99. The van der Waals surface area contributed by atoms with E-state index in [0.29, 0.717) is 28.1 Å². The summed E-state index contributed by atoms with van der Waals surface area (Å²) < 4.78 is 7.33. The third-order valence-electron chi connectivity index (χ3n) is 4.40.